The molecule has 0 aromatic heterocycles. The summed E-state index contributed by atoms with van der Waals surface area (Å²) in [5.41, 5.74) is 8.10. The van der Waals surface area contributed by atoms with Crippen LogP contribution < -0.4 is 0 Å². The number of aromatic hydroxyl groups is 1. The van der Waals surface area contributed by atoms with Crippen LogP contribution >= 0.6 is 0 Å². The summed E-state index contributed by atoms with van der Waals surface area (Å²) in [6, 6.07) is 7.71. The van der Waals surface area contributed by atoms with E-state index < -0.39 is 0 Å². The number of hydrogen-bond donors (Lipinski definition) is 1. The lowest BCUT2D eigenvalue weighted by Crippen LogP contribution is -1.96. The van der Waals surface area contributed by atoms with Crippen LogP contribution in [0.25, 0.3) is 0 Å². The molecule has 0 saturated carbocycles. The van der Waals surface area contributed by atoms with Crippen molar-refractivity contribution >= 4 is 0 Å². The fourth-order valence-corrected chi connectivity index (χ4v) is 3.03. The van der Waals surface area contributed by atoms with E-state index in [9.17, 15) is 5.11 Å². The summed E-state index contributed by atoms with van der Waals surface area (Å²) in [5.74, 6) is 0.399. The van der Waals surface area contributed by atoms with Crippen molar-refractivity contribution in [2.24, 2.45) is 0 Å². The third-order valence-corrected chi connectivity index (χ3v) is 4.86. The van der Waals surface area contributed by atoms with E-state index in [-0.39, 0.29) is 0 Å². The van der Waals surface area contributed by atoms with E-state index in [4.69, 9.17) is 0 Å². The summed E-state index contributed by atoms with van der Waals surface area (Å²) in [4.78, 5) is 0. The Bertz CT molecular complexity index is 705. The molecule has 148 valence electrons. The SMILES string of the molecule is CC(C)=CCC/C(C)=C/C/C(Cc1ccccc1O)=C(/C)CCC=C(C)C. The summed E-state index contributed by atoms with van der Waals surface area (Å²) >= 11 is 0. The van der Waals surface area contributed by atoms with Gasteiger partial charge < -0.3 is 5.11 Å². The van der Waals surface area contributed by atoms with Gasteiger partial charge in [0.15, 0.2) is 0 Å². The van der Waals surface area contributed by atoms with Gasteiger partial charge in [-0.25, -0.2) is 0 Å². The number of phenolic OH excluding ortho intramolecular Hbond substituents is 1. The fraction of sp³-hybridized carbons (Fsp3) is 0.462. The van der Waals surface area contributed by atoms with Crippen LogP contribution in [-0.2, 0) is 6.42 Å². The van der Waals surface area contributed by atoms with Gasteiger partial charge in [-0.05, 0) is 91.7 Å². The molecule has 27 heavy (non-hydrogen) atoms. The summed E-state index contributed by atoms with van der Waals surface area (Å²) in [7, 11) is 0. The van der Waals surface area contributed by atoms with Crippen molar-refractivity contribution in [2.75, 3.05) is 0 Å². The van der Waals surface area contributed by atoms with Crippen molar-refractivity contribution in [3.63, 3.8) is 0 Å². The highest BCUT2D eigenvalue weighted by Crippen LogP contribution is 2.25. The molecule has 0 aliphatic carbocycles. The number of hydrogen-bond acceptors (Lipinski definition) is 1. The molecule has 0 heterocycles. The third-order valence-electron chi connectivity index (χ3n) is 4.86. The zero-order chi connectivity index (χ0) is 20.2. The smallest absolute Gasteiger partial charge is 0.119 e. The molecule has 0 atom stereocenters. The van der Waals surface area contributed by atoms with Gasteiger partial charge >= 0.3 is 0 Å². The van der Waals surface area contributed by atoms with Gasteiger partial charge in [-0.1, -0.05) is 64.3 Å². The van der Waals surface area contributed by atoms with Gasteiger partial charge in [-0.3, -0.25) is 0 Å². The molecule has 0 amide bonds. The van der Waals surface area contributed by atoms with Gasteiger partial charge in [0.25, 0.3) is 0 Å². The molecule has 0 aliphatic heterocycles. The topological polar surface area (TPSA) is 20.2 Å². The molecule has 1 N–H and O–H groups in total. The van der Waals surface area contributed by atoms with E-state index in [1.807, 2.05) is 18.2 Å². The largest absolute Gasteiger partial charge is 0.508 e. The van der Waals surface area contributed by atoms with E-state index in [0.717, 1.165) is 44.1 Å². The minimum absolute atomic E-state index is 0.399. The lowest BCUT2D eigenvalue weighted by Gasteiger charge is -2.13. The molecule has 1 heteroatoms. The Labute approximate surface area is 167 Å². The monoisotopic (exact) mass is 366 g/mol. The average Bonchev–Trinajstić information content (AvgIpc) is 2.59. The standard InChI is InChI=1S/C26H38O/c1-20(2)11-9-13-22(5)17-18-24(23(6)14-10-12-21(3)4)19-25-15-7-8-16-26(25)27/h7-8,11-12,15-17,27H,9-10,13-14,18-19H2,1-6H3/b22-17+,24-23+. The van der Waals surface area contributed by atoms with Crippen molar-refractivity contribution in [1.29, 1.82) is 0 Å². The van der Waals surface area contributed by atoms with E-state index in [0.29, 0.717) is 5.75 Å². The highest BCUT2D eigenvalue weighted by molar-refractivity contribution is 5.36. The minimum atomic E-state index is 0.399. The summed E-state index contributed by atoms with van der Waals surface area (Å²) in [6.45, 7) is 13.1. The van der Waals surface area contributed by atoms with E-state index in [1.165, 1.54) is 27.9 Å². The first kappa shape index (κ1) is 23.0. The van der Waals surface area contributed by atoms with Crippen molar-refractivity contribution in [1.82, 2.24) is 0 Å². The predicted molar refractivity (Wildman–Crippen MR) is 120 cm³/mol. The Morgan fingerprint density at radius 2 is 1.41 bits per heavy atom. The van der Waals surface area contributed by atoms with Gasteiger partial charge in [0.2, 0.25) is 0 Å². The second kappa shape index (κ2) is 12.4. The zero-order valence-electron chi connectivity index (χ0n) is 18.2. The predicted octanol–water partition coefficient (Wildman–Crippen LogP) is 8.08. The molecule has 0 saturated heterocycles. The first-order valence-corrected chi connectivity index (χ1v) is 10.2. The molecule has 0 bridgehead atoms. The Kier molecular flexibility index (Phi) is 10.6. The molecule has 0 aliphatic rings. The normalized spacial score (nSPS) is 12.4. The minimum Gasteiger partial charge on any atom is -0.508 e. The lowest BCUT2D eigenvalue weighted by atomic mass is 9.93. The van der Waals surface area contributed by atoms with E-state index in [2.05, 4.69) is 59.8 Å². The first-order chi connectivity index (χ1) is 12.8. The summed E-state index contributed by atoms with van der Waals surface area (Å²) < 4.78 is 0. The zero-order valence-corrected chi connectivity index (χ0v) is 18.2. The highest BCUT2D eigenvalue weighted by Gasteiger charge is 2.07. The summed E-state index contributed by atoms with van der Waals surface area (Å²) in [6.07, 6.45) is 13.2. The Morgan fingerprint density at radius 3 is 2.00 bits per heavy atom. The quantitative estimate of drug-likeness (QED) is 0.415. The molecular weight excluding hydrogens is 328 g/mol. The molecule has 1 rings (SSSR count). The van der Waals surface area contributed by atoms with Gasteiger partial charge in [-0.15, -0.1) is 0 Å². The van der Waals surface area contributed by atoms with E-state index >= 15 is 0 Å². The molecular formula is C26H38O. The van der Waals surface area contributed by atoms with Gasteiger partial charge in [0, 0.05) is 0 Å². The number of para-hydroxylation sites is 1. The molecule has 1 nitrogen and oxygen atoms in total. The van der Waals surface area contributed by atoms with Gasteiger partial charge in [-0.2, -0.15) is 0 Å². The molecule has 1 aromatic rings. The summed E-state index contributed by atoms with van der Waals surface area (Å²) in [5, 5.41) is 10.2. The van der Waals surface area contributed by atoms with Crippen molar-refractivity contribution < 1.29 is 5.11 Å². The van der Waals surface area contributed by atoms with Crippen LogP contribution in [0.5, 0.6) is 5.75 Å². The van der Waals surface area contributed by atoms with Crippen LogP contribution in [0.3, 0.4) is 0 Å². The number of allylic oxidation sites excluding steroid dienone is 8. The van der Waals surface area contributed by atoms with Gasteiger partial charge in [0.1, 0.15) is 5.75 Å². The van der Waals surface area contributed by atoms with Crippen LogP contribution in [-0.4, -0.2) is 5.11 Å². The van der Waals surface area contributed by atoms with Crippen molar-refractivity contribution in [3.05, 3.63) is 75.9 Å². The van der Waals surface area contributed by atoms with Crippen LogP contribution in [0, 0.1) is 0 Å². The van der Waals surface area contributed by atoms with Crippen LogP contribution in [0.2, 0.25) is 0 Å². The molecule has 0 radical (unpaired) electrons. The highest BCUT2D eigenvalue weighted by atomic mass is 16.3. The molecule has 0 unspecified atom stereocenters. The van der Waals surface area contributed by atoms with E-state index in [1.54, 1.807) is 6.07 Å². The van der Waals surface area contributed by atoms with Crippen molar-refractivity contribution in [3.8, 4) is 5.75 Å². The number of rotatable bonds is 10. The maximum absolute atomic E-state index is 10.2. The van der Waals surface area contributed by atoms with Crippen LogP contribution in [0.1, 0.15) is 79.2 Å². The van der Waals surface area contributed by atoms with Crippen molar-refractivity contribution in [2.45, 2.75) is 80.1 Å². The second-order valence-corrected chi connectivity index (χ2v) is 8.08. The first-order valence-electron chi connectivity index (χ1n) is 10.2. The Hall–Kier alpha value is -2.02. The number of phenols is 1. The number of benzene rings is 1. The molecule has 1 aromatic carbocycles. The molecule has 0 spiro atoms. The lowest BCUT2D eigenvalue weighted by molar-refractivity contribution is 0.469. The van der Waals surface area contributed by atoms with Crippen LogP contribution in [0.4, 0.5) is 0 Å². The fourth-order valence-electron chi connectivity index (χ4n) is 3.03. The maximum atomic E-state index is 10.2. The molecule has 0 fully saturated rings. The maximum Gasteiger partial charge on any atom is 0.119 e. The van der Waals surface area contributed by atoms with Gasteiger partial charge in [0.05, 0.1) is 0 Å². The Balaban J connectivity index is 2.91. The second-order valence-electron chi connectivity index (χ2n) is 8.08. The third kappa shape index (κ3) is 10.0. The van der Waals surface area contributed by atoms with Crippen LogP contribution in [0.15, 0.2) is 70.4 Å². The Morgan fingerprint density at radius 1 is 0.815 bits per heavy atom. The average molecular weight is 367 g/mol.